The van der Waals surface area contributed by atoms with E-state index in [0.29, 0.717) is 0 Å². The molecule has 284 valence electrons. The van der Waals surface area contributed by atoms with Crippen LogP contribution in [0, 0.1) is 0 Å². The van der Waals surface area contributed by atoms with Gasteiger partial charge in [-0.25, -0.2) is 0 Å². The predicted molar refractivity (Wildman–Crippen MR) is 251 cm³/mol. The van der Waals surface area contributed by atoms with E-state index in [-0.39, 0.29) is 5.41 Å². The summed E-state index contributed by atoms with van der Waals surface area (Å²) >= 11 is 0. The third-order valence-electron chi connectivity index (χ3n) is 12.8. The van der Waals surface area contributed by atoms with E-state index in [4.69, 9.17) is 4.42 Å². The van der Waals surface area contributed by atoms with Gasteiger partial charge in [-0.05, 0) is 117 Å². The van der Waals surface area contributed by atoms with Gasteiger partial charge in [0.25, 0.3) is 0 Å². The minimum Gasteiger partial charge on any atom is -0.454 e. The molecule has 1 aliphatic rings. The monoisotopic (exact) mass is 768 g/mol. The summed E-state index contributed by atoms with van der Waals surface area (Å²) in [6.45, 7) is 4.72. The van der Waals surface area contributed by atoms with E-state index in [2.05, 4.69) is 224 Å². The van der Waals surface area contributed by atoms with Crippen LogP contribution in [0.1, 0.15) is 25.0 Å². The van der Waals surface area contributed by atoms with Crippen LogP contribution in [-0.2, 0) is 5.41 Å². The third-order valence-corrected chi connectivity index (χ3v) is 12.8. The van der Waals surface area contributed by atoms with Crippen molar-refractivity contribution in [2.45, 2.75) is 19.3 Å². The fourth-order valence-electron chi connectivity index (χ4n) is 9.84. The van der Waals surface area contributed by atoms with Crippen molar-refractivity contribution in [1.82, 2.24) is 4.57 Å². The minimum absolute atomic E-state index is 0.0856. The number of nitrogens with zero attached hydrogens (tertiary/aromatic N) is 2. The summed E-state index contributed by atoms with van der Waals surface area (Å²) in [5, 5.41) is 4.73. The quantitative estimate of drug-likeness (QED) is 0.168. The molecule has 0 aliphatic heterocycles. The molecule has 0 bridgehead atoms. The molecule has 3 nitrogen and oxygen atoms in total. The number of benzene rings is 9. The summed E-state index contributed by atoms with van der Waals surface area (Å²) in [6, 6.07) is 74.7. The number of anilines is 3. The lowest BCUT2D eigenvalue weighted by Crippen LogP contribution is -2.14. The van der Waals surface area contributed by atoms with Gasteiger partial charge in [-0.3, -0.25) is 0 Å². The molecule has 11 aromatic rings. The number of rotatable bonds is 6. The number of hydrogen-bond donors (Lipinski definition) is 0. The lowest BCUT2D eigenvalue weighted by molar-refractivity contribution is 0.661. The van der Waals surface area contributed by atoms with Crippen LogP contribution in [0.5, 0.6) is 0 Å². The van der Waals surface area contributed by atoms with E-state index in [1.54, 1.807) is 0 Å². The normalized spacial score (nSPS) is 13.0. The first-order valence-corrected chi connectivity index (χ1v) is 20.8. The number of para-hydroxylation sites is 3. The summed E-state index contributed by atoms with van der Waals surface area (Å²) in [5.41, 5.74) is 18.5. The molecular weight excluding hydrogens is 729 g/mol. The van der Waals surface area contributed by atoms with E-state index in [1.165, 1.54) is 60.9 Å². The molecule has 0 saturated carbocycles. The van der Waals surface area contributed by atoms with Crippen molar-refractivity contribution in [3.8, 4) is 39.1 Å². The number of fused-ring (bicyclic) bond motifs is 9. The Morgan fingerprint density at radius 2 is 1.07 bits per heavy atom. The Kier molecular flexibility index (Phi) is 7.58. The van der Waals surface area contributed by atoms with E-state index in [0.717, 1.165) is 50.1 Å². The van der Waals surface area contributed by atoms with Crippen molar-refractivity contribution >= 4 is 60.8 Å². The van der Waals surface area contributed by atoms with Crippen molar-refractivity contribution in [3.05, 3.63) is 217 Å². The van der Waals surface area contributed by atoms with Gasteiger partial charge in [-0.1, -0.05) is 147 Å². The van der Waals surface area contributed by atoms with E-state index < -0.39 is 0 Å². The Balaban J connectivity index is 1.02. The first-order chi connectivity index (χ1) is 29.5. The lowest BCUT2D eigenvalue weighted by atomic mass is 9.82. The summed E-state index contributed by atoms with van der Waals surface area (Å²) in [5.74, 6) is 0. The van der Waals surface area contributed by atoms with Crippen molar-refractivity contribution in [2.75, 3.05) is 4.90 Å². The Hall–Kier alpha value is -7.62. The van der Waals surface area contributed by atoms with Crippen molar-refractivity contribution in [3.63, 3.8) is 0 Å². The van der Waals surface area contributed by atoms with Crippen LogP contribution >= 0.6 is 0 Å². The predicted octanol–water partition coefficient (Wildman–Crippen LogP) is 15.8. The molecule has 2 aromatic heterocycles. The van der Waals surface area contributed by atoms with Crippen LogP contribution in [0.15, 0.2) is 211 Å². The molecule has 0 atom stereocenters. The maximum atomic E-state index is 6.64. The highest BCUT2D eigenvalue weighted by molar-refractivity contribution is 6.13. The largest absolute Gasteiger partial charge is 0.454 e. The first kappa shape index (κ1) is 34.4. The Bertz CT molecular complexity index is 3450. The molecule has 0 N–H and O–H groups in total. The second-order valence-corrected chi connectivity index (χ2v) is 16.5. The van der Waals surface area contributed by atoms with Crippen LogP contribution in [-0.4, -0.2) is 4.57 Å². The number of furan rings is 1. The Morgan fingerprint density at radius 3 is 1.92 bits per heavy atom. The third kappa shape index (κ3) is 5.22. The van der Waals surface area contributed by atoms with Gasteiger partial charge in [0.05, 0.1) is 16.7 Å². The van der Waals surface area contributed by atoms with Crippen LogP contribution in [0.4, 0.5) is 17.1 Å². The second-order valence-electron chi connectivity index (χ2n) is 16.5. The van der Waals surface area contributed by atoms with Gasteiger partial charge >= 0.3 is 0 Å². The molecule has 3 heteroatoms. The molecule has 60 heavy (non-hydrogen) atoms. The van der Waals surface area contributed by atoms with Gasteiger partial charge in [0.1, 0.15) is 5.58 Å². The highest BCUT2D eigenvalue weighted by Crippen LogP contribution is 2.51. The maximum Gasteiger partial charge on any atom is 0.159 e. The zero-order chi connectivity index (χ0) is 40.0. The summed E-state index contributed by atoms with van der Waals surface area (Å²) in [7, 11) is 0. The topological polar surface area (TPSA) is 21.3 Å². The average molecular weight is 769 g/mol. The summed E-state index contributed by atoms with van der Waals surface area (Å²) < 4.78 is 9.08. The van der Waals surface area contributed by atoms with Gasteiger partial charge in [-0.15, -0.1) is 0 Å². The van der Waals surface area contributed by atoms with Crippen molar-refractivity contribution < 1.29 is 4.42 Å². The second kappa shape index (κ2) is 13.2. The first-order valence-electron chi connectivity index (χ1n) is 20.8. The molecule has 0 radical (unpaired) electrons. The van der Waals surface area contributed by atoms with Crippen LogP contribution in [0.3, 0.4) is 0 Å². The molecule has 0 unspecified atom stereocenters. The molecule has 0 fully saturated rings. The Labute approximate surface area is 349 Å². The fraction of sp³-hybridized carbons (Fsp3) is 0.0526. The van der Waals surface area contributed by atoms with Crippen molar-refractivity contribution in [1.29, 1.82) is 0 Å². The number of aromatic nitrogens is 1. The standard InChI is InChI=1S/C57H40N2O/c1-57(2)50-24-11-9-21-44(50)47-35-49-48-34-40(29-32-52(48)59(54(49)36-51(47)57)41-18-7-4-8-19-41)38-27-30-42(31-28-38)58(43-20-13-17-39(33-43)37-15-5-3-6-16-37)53-25-14-23-46-45-22-10-12-26-55(45)60-56(46)53/h3-36H,1-2H3. The molecule has 1 aliphatic carbocycles. The molecule has 2 heterocycles. The molecule has 12 rings (SSSR count). The molecule has 0 amide bonds. The molecular formula is C57H40N2O. The van der Waals surface area contributed by atoms with Gasteiger partial charge < -0.3 is 13.9 Å². The van der Waals surface area contributed by atoms with Crippen LogP contribution < -0.4 is 4.90 Å². The maximum absolute atomic E-state index is 6.64. The summed E-state index contributed by atoms with van der Waals surface area (Å²) in [6.07, 6.45) is 0. The van der Waals surface area contributed by atoms with Crippen LogP contribution in [0.25, 0.3) is 82.8 Å². The number of hydrogen-bond acceptors (Lipinski definition) is 2. The highest BCUT2D eigenvalue weighted by Gasteiger charge is 2.36. The average Bonchev–Trinajstić information content (AvgIpc) is 3.92. The SMILES string of the molecule is CC1(C)c2ccccc2-c2cc3c4cc(-c5ccc(N(c6cccc(-c7ccccc7)c6)c6cccc7c6oc6ccccc67)cc5)ccc4n(-c4ccccc4)c3cc21. The summed E-state index contributed by atoms with van der Waals surface area (Å²) in [4.78, 5) is 2.33. The minimum atomic E-state index is -0.0856. The smallest absolute Gasteiger partial charge is 0.159 e. The van der Waals surface area contributed by atoms with Crippen molar-refractivity contribution in [2.24, 2.45) is 0 Å². The van der Waals surface area contributed by atoms with E-state index >= 15 is 0 Å². The highest BCUT2D eigenvalue weighted by atomic mass is 16.3. The lowest BCUT2D eigenvalue weighted by Gasteiger charge is -2.26. The fourth-order valence-corrected chi connectivity index (χ4v) is 9.84. The van der Waals surface area contributed by atoms with Gasteiger partial charge in [0.2, 0.25) is 0 Å². The van der Waals surface area contributed by atoms with E-state index in [9.17, 15) is 0 Å². The Morgan fingerprint density at radius 1 is 0.417 bits per heavy atom. The zero-order valence-electron chi connectivity index (χ0n) is 33.4. The molecule has 9 aromatic carbocycles. The van der Waals surface area contributed by atoms with E-state index in [1.807, 2.05) is 6.07 Å². The molecule has 0 saturated heterocycles. The van der Waals surface area contributed by atoms with Gasteiger partial charge in [-0.2, -0.15) is 0 Å². The van der Waals surface area contributed by atoms with Gasteiger partial charge in [0.15, 0.2) is 5.58 Å². The van der Waals surface area contributed by atoms with Crippen LogP contribution in [0.2, 0.25) is 0 Å². The zero-order valence-corrected chi connectivity index (χ0v) is 33.4. The molecule has 0 spiro atoms. The van der Waals surface area contributed by atoms with Gasteiger partial charge in [0, 0.05) is 44.0 Å².